The molecule has 2 N–H and O–H groups in total. The molecule has 2 aromatic rings. The second-order valence-electron chi connectivity index (χ2n) is 2.93. The molecule has 0 unspecified atom stereocenters. The first-order valence-electron chi connectivity index (χ1n) is 4.22. The molecule has 0 fully saturated rings. The summed E-state index contributed by atoms with van der Waals surface area (Å²) < 4.78 is 0. The van der Waals surface area contributed by atoms with E-state index in [4.69, 9.17) is 28.9 Å². The summed E-state index contributed by atoms with van der Waals surface area (Å²) in [5.74, 6) is 0. The number of nitrogens with zero attached hydrogens (tertiary/aromatic N) is 2. The molecule has 0 saturated heterocycles. The van der Waals surface area contributed by atoms with Crippen molar-refractivity contribution in [1.29, 1.82) is 0 Å². The summed E-state index contributed by atoms with van der Waals surface area (Å²) in [4.78, 5) is 0. The zero-order valence-electron chi connectivity index (χ0n) is 7.61. The summed E-state index contributed by atoms with van der Waals surface area (Å²) in [6.45, 7) is 0. The molecule has 3 nitrogen and oxygen atoms in total. The van der Waals surface area contributed by atoms with Crippen molar-refractivity contribution in [3.8, 4) is 11.3 Å². The van der Waals surface area contributed by atoms with Crippen molar-refractivity contribution < 1.29 is 0 Å². The van der Waals surface area contributed by atoms with Crippen LogP contribution in [-0.2, 0) is 0 Å². The average molecular weight is 240 g/mol. The Hall–Kier alpha value is -1.32. The van der Waals surface area contributed by atoms with Gasteiger partial charge in [-0.1, -0.05) is 53.5 Å². The number of hydrogen-bond donors (Lipinski definition) is 1. The van der Waals surface area contributed by atoms with E-state index in [1.165, 1.54) is 0 Å². The zero-order chi connectivity index (χ0) is 10.8. The quantitative estimate of drug-likeness (QED) is 0.833. The number of anilines is 1. The Balaban J connectivity index is 2.60. The second-order valence-corrected chi connectivity index (χ2v) is 3.67. The van der Waals surface area contributed by atoms with E-state index in [9.17, 15) is 0 Å². The summed E-state index contributed by atoms with van der Waals surface area (Å²) in [6.07, 6.45) is 0. The molecule has 0 aliphatic heterocycles. The first-order valence-corrected chi connectivity index (χ1v) is 4.98. The SMILES string of the molecule is Nc1c(Cl)nnc(-c2ccccc2)c1Cl. The van der Waals surface area contributed by atoms with Crippen LogP contribution in [0.5, 0.6) is 0 Å². The number of nitrogens with two attached hydrogens (primary N) is 1. The smallest absolute Gasteiger partial charge is 0.176 e. The maximum atomic E-state index is 6.02. The number of rotatable bonds is 1. The predicted octanol–water partition coefficient (Wildman–Crippen LogP) is 3.03. The fourth-order valence-corrected chi connectivity index (χ4v) is 1.61. The Labute approximate surface area is 96.8 Å². The van der Waals surface area contributed by atoms with E-state index in [2.05, 4.69) is 10.2 Å². The van der Waals surface area contributed by atoms with Crippen LogP contribution in [0, 0.1) is 0 Å². The standard InChI is InChI=1S/C10H7Cl2N3/c11-7-8(13)10(12)15-14-9(7)6-4-2-1-3-5-6/h1-5H,(H2,13,14). The number of aromatic nitrogens is 2. The Morgan fingerprint density at radius 1 is 1.00 bits per heavy atom. The fraction of sp³-hybridized carbons (Fsp3) is 0. The summed E-state index contributed by atoms with van der Waals surface area (Å²) in [5, 5.41) is 8.10. The van der Waals surface area contributed by atoms with Gasteiger partial charge in [-0.15, -0.1) is 10.2 Å². The van der Waals surface area contributed by atoms with Gasteiger partial charge in [0.15, 0.2) is 5.15 Å². The normalized spacial score (nSPS) is 10.3. The maximum absolute atomic E-state index is 6.02. The third kappa shape index (κ3) is 1.89. The van der Waals surface area contributed by atoms with E-state index in [1.807, 2.05) is 30.3 Å². The summed E-state index contributed by atoms with van der Waals surface area (Å²) in [6, 6.07) is 9.44. The molecule has 76 valence electrons. The van der Waals surface area contributed by atoms with E-state index >= 15 is 0 Å². The van der Waals surface area contributed by atoms with Gasteiger partial charge >= 0.3 is 0 Å². The minimum atomic E-state index is 0.125. The average Bonchev–Trinajstić information content (AvgIpc) is 2.27. The van der Waals surface area contributed by atoms with Crippen molar-refractivity contribution >= 4 is 28.9 Å². The molecule has 0 aliphatic carbocycles. The van der Waals surface area contributed by atoms with Crippen LogP contribution in [0.2, 0.25) is 10.2 Å². The van der Waals surface area contributed by atoms with Gasteiger partial charge in [0.05, 0.1) is 10.7 Å². The summed E-state index contributed by atoms with van der Waals surface area (Å²) in [5.41, 5.74) is 7.31. The van der Waals surface area contributed by atoms with Crippen molar-refractivity contribution in [3.63, 3.8) is 0 Å². The van der Waals surface area contributed by atoms with Gasteiger partial charge in [-0.25, -0.2) is 0 Å². The first kappa shape index (κ1) is 10.2. The topological polar surface area (TPSA) is 51.8 Å². The van der Waals surface area contributed by atoms with Gasteiger partial charge in [-0.05, 0) is 0 Å². The highest BCUT2D eigenvalue weighted by Gasteiger charge is 2.11. The molecular weight excluding hydrogens is 233 g/mol. The highest BCUT2D eigenvalue weighted by atomic mass is 35.5. The molecule has 0 saturated carbocycles. The Morgan fingerprint density at radius 3 is 2.33 bits per heavy atom. The van der Waals surface area contributed by atoms with Gasteiger partial charge in [-0.2, -0.15) is 0 Å². The van der Waals surface area contributed by atoms with Crippen LogP contribution in [0.3, 0.4) is 0 Å². The van der Waals surface area contributed by atoms with E-state index < -0.39 is 0 Å². The molecule has 0 atom stereocenters. The van der Waals surface area contributed by atoms with Gasteiger partial charge in [0.25, 0.3) is 0 Å². The largest absolute Gasteiger partial charge is 0.395 e. The lowest BCUT2D eigenvalue weighted by atomic mass is 10.1. The third-order valence-corrected chi connectivity index (χ3v) is 2.61. The molecule has 1 heterocycles. The minimum Gasteiger partial charge on any atom is -0.395 e. The molecule has 15 heavy (non-hydrogen) atoms. The number of hydrogen-bond acceptors (Lipinski definition) is 3. The molecule has 0 bridgehead atoms. The van der Waals surface area contributed by atoms with Crippen LogP contribution in [0.1, 0.15) is 0 Å². The lowest BCUT2D eigenvalue weighted by Crippen LogP contribution is -1.96. The number of nitrogen functional groups attached to an aromatic ring is 1. The number of benzene rings is 1. The van der Waals surface area contributed by atoms with Gasteiger partial charge in [0.2, 0.25) is 0 Å². The first-order chi connectivity index (χ1) is 7.20. The Bertz CT molecular complexity index is 486. The van der Waals surface area contributed by atoms with Crippen molar-refractivity contribution in [2.75, 3.05) is 5.73 Å². The van der Waals surface area contributed by atoms with Crippen LogP contribution < -0.4 is 5.73 Å². The highest BCUT2D eigenvalue weighted by Crippen LogP contribution is 2.32. The third-order valence-electron chi connectivity index (χ3n) is 1.95. The van der Waals surface area contributed by atoms with Gasteiger partial charge in [0.1, 0.15) is 5.69 Å². The molecule has 0 radical (unpaired) electrons. The van der Waals surface area contributed by atoms with Crippen molar-refractivity contribution in [2.24, 2.45) is 0 Å². The van der Waals surface area contributed by atoms with Crippen LogP contribution in [0.25, 0.3) is 11.3 Å². The van der Waals surface area contributed by atoms with E-state index in [0.717, 1.165) is 5.56 Å². The molecule has 0 amide bonds. The molecule has 5 heteroatoms. The summed E-state index contributed by atoms with van der Waals surface area (Å²) in [7, 11) is 0. The van der Waals surface area contributed by atoms with Crippen LogP contribution in [-0.4, -0.2) is 10.2 Å². The fourth-order valence-electron chi connectivity index (χ4n) is 1.19. The van der Waals surface area contributed by atoms with Crippen molar-refractivity contribution in [3.05, 3.63) is 40.5 Å². The Morgan fingerprint density at radius 2 is 1.67 bits per heavy atom. The second kappa shape index (κ2) is 4.04. The van der Waals surface area contributed by atoms with Crippen LogP contribution in [0.15, 0.2) is 30.3 Å². The van der Waals surface area contributed by atoms with E-state index in [-0.39, 0.29) is 10.8 Å². The van der Waals surface area contributed by atoms with Crippen LogP contribution in [0.4, 0.5) is 5.69 Å². The van der Waals surface area contributed by atoms with Gasteiger partial charge in [-0.3, -0.25) is 0 Å². The predicted molar refractivity (Wildman–Crippen MR) is 61.9 cm³/mol. The number of halogens is 2. The molecular formula is C10H7Cl2N3. The summed E-state index contributed by atoms with van der Waals surface area (Å²) >= 11 is 11.7. The monoisotopic (exact) mass is 239 g/mol. The van der Waals surface area contributed by atoms with Crippen molar-refractivity contribution in [2.45, 2.75) is 0 Å². The lowest BCUT2D eigenvalue weighted by Gasteiger charge is -2.05. The highest BCUT2D eigenvalue weighted by molar-refractivity contribution is 6.39. The van der Waals surface area contributed by atoms with Gasteiger partial charge < -0.3 is 5.73 Å². The minimum absolute atomic E-state index is 0.125. The molecule has 1 aromatic heterocycles. The maximum Gasteiger partial charge on any atom is 0.176 e. The molecule has 0 spiro atoms. The zero-order valence-corrected chi connectivity index (χ0v) is 9.13. The van der Waals surface area contributed by atoms with E-state index in [0.29, 0.717) is 10.7 Å². The molecule has 0 aliphatic rings. The van der Waals surface area contributed by atoms with Gasteiger partial charge in [0, 0.05) is 5.56 Å². The van der Waals surface area contributed by atoms with Crippen molar-refractivity contribution in [1.82, 2.24) is 10.2 Å². The van der Waals surface area contributed by atoms with E-state index in [1.54, 1.807) is 0 Å². The lowest BCUT2D eigenvalue weighted by molar-refractivity contribution is 1.04. The molecule has 2 rings (SSSR count). The van der Waals surface area contributed by atoms with Crippen LogP contribution >= 0.6 is 23.2 Å². The Kier molecular flexibility index (Phi) is 2.75. The molecule has 1 aromatic carbocycles.